The fourth-order valence-corrected chi connectivity index (χ4v) is 1.77. The first-order chi connectivity index (χ1) is 10.0. The minimum atomic E-state index is -0.662. The van der Waals surface area contributed by atoms with Gasteiger partial charge in [0.15, 0.2) is 0 Å². The number of ether oxygens (including phenoxy) is 1. The zero-order valence-electron chi connectivity index (χ0n) is 12.4. The van der Waals surface area contributed by atoms with E-state index in [-0.39, 0.29) is 12.5 Å². The Bertz CT molecular complexity index is 499. The molecule has 21 heavy (non-hydrogen) atoms. The summed E-state index contributed by atoms with van der Waals surface area (Å²) in [6.07, 6.45) is -0.268. The third kappa shape index (κ3) is 6.75. The number of hydrogen-bond donors (Lipinski definition) is 2. The number of amides is 1. The first kappa shape index (κ1) is 17.0. The van der Waals surface area contributed by atoms with E-state index in [0.717, 1.165) is 0 Å². The van der Waals surface area contributed by atoms with E-state index >= 15 is 0 Å². The molecule has 1 aromatic carbocycles. The van der Waals surface area contributed by atoms with Crippen molar-refractivity contribution in [2.45, 2.75) is 12.5 Å². The predicted molar refractivity (Wildman–Crippen MR) is 78.8 cm³/mol. The van der Waals surface area contributed by atoms with Gasteiger partial charge >= 0.3 is 0 Å². The Morgan fingerprint density at radius 3 is 3.00 bits per heavy atom. The molecule has 1 rings (SSSR count). The van der Waals surface area contributed by atoms with Crippen molar-refractivity contribution in [3.05, 3.63) is 29.8 Å². The van der Waals surface area contributed by atoms with Crippen LogP contribution in [0.5, 0.6) is 5.75 Å². The van der Waals surface area contributed by atoms with Crippen molar-refractivity contribution in [2.75, 3.05) is 33.8 Å². The standard InChI is InChI=1S/C15H21N3O3/c1-17-15(20)6-7-18(2)10-13(19)11-21-14-5-3-4-12(8-14)9-16/h3-5,8,13,19H,6-7,10-11H2,1-2H3,(H,17,20). The molecule has 0 heterocycles. The summed E-state index contributed by atoms with van der Waals surface area (Å²) in [5.74, 6) is 0.530. The van der Waals surface area contributed by atoms with Gasteiger partial charge in [-0.25, -0.2) is 0 Å². The van der Waals surface area contributed by atoms with Crippen LogP contribution in [0.3, 0.4) is 0 Å². The summed E-state index contributed by atoms with van der Waals surface area (Å²) in [6, 6.07) is 8.82. The van der Waals surface area contributed by atoms with Crippen LogP contribution in [0.4, 0.5) is 0 Å². The fraction of sp³-hybridized carbons (Fsp3) is 0.467. The molecule has 0 saturated carbocycles. The highest BCUT2D eigenvalue weighted by Gasteiger charge is 2.10. The minimum Gasteiger partial charge on any atom is -0.491 e. The van der Waals surface area contributed by atoms with Crippen molar-refractivity contribution in [2.24, 2.45) is 0 Å². The Labute approximate surface area is 124 Å². The first-order valence-corrected chi connectivity index (χ1v) is 6.75. The maximum absolute atomic E-state index is 11.1. The summed E-state index contributed by atoms with van der Waals surface area (Å²) in [6.45, 7) is 1.12. The van der Waals surface area contributed by atoms with Crippen molar-refractivity contribution >= 4 is 5.91 Å². The number of benzene rings is 1. The summed E-state index contributed by atoms with van der Waals surface area (Å²) >= 11 is 0. The molecule has 1 amide bonds. The Balaban J connectivity index is 2.31. The van der Waals surface area contributed by atoms with Gasteiger partial charge in [0.2, 0.25) is 5.91 Å². The molecule has 0 spiro atoms. The highest BCUT2D eigenvalue weighted by atomic mass is 16.5. The summed E-state index contributed by atoms with van der Waals surface area (Å²) in [7, 11) is 3.43. The highest BCUT2D eigenvalue weighted by Crippen LogP contribution is 2.12. The van der Waals surface area contributed by atoms with Crippen LogP contribution in [-0.4, -0.2) is 55.8 Å². The molecule has 6 nitrogen and oxygen atoms in total. The molecule has 0 fully saturated rings. The summed E-state index contributed by atoms with van der Waals surface area (Å²) in [5, 5.41) is 21.2. The lowest BCUT2D eigenvalue weighted by Crippen LogP contribution is -2.35. The molecule has 0 aliphatic heterocycles. The molecule has 1 atom stereocenters. The second-order valence-corrected chi connectivity index (χ2v) is 4.79. The number of aliphatic hydroxyl groups excluding tert-OH is 1. The molecule has 6 heteroatoms. The summed E-state index contributed by atoms with van der Waals surface area (Å²) in [5.41, 5.74) is 0.518. The quantitative estimate of drug-likeness (QED) is 0.722. The molecule has 0 radical (unpaired) electrons. The lowest BCUT2D eigenvalue weighted by molar-refractivity contribution is -0.120. The number of nitrogens with one attached hydrogen (secondary N) is 1. The molecule has 0 aliphatic rings. The molecule has 0 bridgehead atoms. The van der Waals surface area contributed by atoms with Crippen molar-refractivity contribution in [1.82, 2.24) is 10.2 Å². The molecular weight excluding hydrogens is 270 g/mol. The van der Waals surface area contributed by atoms with E-state index in [4.69, 9.17) is 10.00 Å². The van der Waals surface area contributed by atoms with Gasteiger partial charge in [0, 0.05) is 26.6 Å². The van der Waals surface area contributed by atoms with Gasteiger partial charge in [0.25, 0.3) is 0 Å². The number of nitrogens with zero attached hydrogens (tertiary/aromatic N) is 2. The van der Waals surface area contributed by atoms with Crippen molar-refractivity contribution in [1.29, 1.82) is 5.26 Å². The molecule has 1 unspecified atom stereocenters. The van der Waals surface area contributed by atoms with Crippen LogP contribution >= 0.6 is 0 Å². The van der Waals surface area contributed by atoms with Crippen molar-refractivity contribution in [3.63, 3.8) is 0 Å². The van der Waals surface area contributed by atoms with E-state index in [0.29, 0.717) is 30.8 Å². The highest BCUT2D eigenvalue weighted by molar-refractivity contribution is 5.75. The number of hydrogen-bond acceptors (Lipinski definition) is 5. The third-order valence-electron chi connectivity index (χ3n) is 2.93. The molecule has 114 valence electrons. The maximum Gasteiger partial charge on any atom is 0.221 e. The normalized spacial score (nSPS) is 11.8. The van der Waals surface area contributed by atoms with Gasteiger partial charge in [-0.15, -0.1) is 0 Å². The SMILES string of the molecule is CNC(=O)CCN(C)CC(O)COc1cccc(C#N)c1. The molecule has 1 aromatic rings. The van der Waals surface area contributed by atoms with Crippen LogP contribution in [0, 0.1) is 11.3 Å². The van der Waals surface area contributed by atoms with E-state index in [9.17, 15) is 9.90 Å². The van der Waals surface area contributed by atoms with Crippen LogP contribution in [-0.2, 0) is 4.79 Å². The van der Waals surface area contributed by atoms with Gasteiger partial charge in [-0.1, -0.05) is 6.07 Å². The third-order valence-corrected chi connectivity index (χ3v) is 2.93. The van der Waals surface area contributed by atoms with Crippen LogP contribution in [0.15, 0.2) is 24.3 Å². The van der Waals surface area contributed by atoms with Crippen LogP contribution in [0.1, 0.15) is 12.0 Å². The number of carbonyl (C=O) groups is 1. The average molecular weight is 291 g/mol. The van der Waals surface area contributed by atoms with Crippen molar-refractivity contribution in [3.8, 4) is 11.8 Å². The van der Waals surface area contributed by atoms with Crippen LogP contribution < -0.4 is 10.1 Å². The molecule has 0 aromatic heterocycles. The van der Waals surface area contributed by atoms with E-state index < -0.39 is 6.10 Å². The topological polar surface area (TPSA) is 85.6 Å². The zero-order chi connectivity index (χ0) is 15.7. The number of nitriles is 1. The molecular formula is C15H21N3O3. The molecule has 0 saturated heterocycles. The second-order valence-electron chi connectivity index (χ2n) is 4.79. The van der Waals surface area contributed by atoms with Gasteiger partial charge in [-0.2, -0.15) is 5.26 Å². The lowest BCUT2D eigenvalue weighted by Gasteiger charge is -2.20. The average Bonchev–Trinajstić information content (AvgIpc) is 2.50. The van der Waals surface area contributed by atoms with Gasteiger partial charge in [-0.05, 0) is 25.2 Å². The number of carbonyl (C=O) groups excluding carboxylic acids is 1. The smallest absolute Gasteiger partial charge is 0.221 e. The Morgan fingerprint density at radius 2 is 2.33 bits per heavy atom. The zero-order valence-corrected chi connectivity index (χ0v) is 12.4. The minimum absolute atomic E-state index is 0.0269. The predicted octanol–water partition coefficient (Wildman–Crippen LogP) is 0.366. The number of likely N-dealkylation sites (N-methyl/N-ethyl adjacent to an activating group) is 1. The maximum atomic E-state index is 11.1. The first-order valence-electron chi connectivity index (χ1n) is 6.75. The Morgan fingerprint density at radius 1 is 1.57 bits per heavy atom. The second kappa shape index (κ2) is 8.95. The summed E-state index contributed by atoms with van der Waals surface area (Å²) < 4.78 is 5.45. The number of aliphatic hydroxyl groups is 1. The monoisotopic (exact) mass is 291 g/mol. The van der Waals surface area contributed by atoms with Crippen LogP contribution in [0.2, 0.25) is 0 Å². The van der Waals surface area contributed by atoms with Crippen LogP contribution in [0.25, 0.3) is 0 Å². The van der Waals surface area contributed by atoms with Gasteiger partial charge in [0.1, 0.15) is 18.5 Å². The molecule has 2 N–H and O–H groups in total. The van der Waals surface area contributed by atoms with Gasteiger partial charge in [0.05, 0.1) is 11.6 Å². The van der Waals surface area contributed by atoms with E-state index in [1.165, 1.54) is 0 Å². The van der Waals surface area contributed by atoms with Gasteiger partial charge < -0.3 is 20.1 Å². The van der Waals surface area contributed by atoms with E-state index in [2.05, 4.69) is 5.32 Å². The molecule has 0 aliphatic carbocycles. The Kier molecular flexibility index (Phi) is 7.23. The van der Waals surface area contributed by atoms with Crippen molar-refractivity contribution < 1.29 is 14.6 Å². The lowest BCUT2D eigenvalue weighted by atomic mass is 10.2. The van der Waals surface area contributed by atoms with E-state index in [1.807, 2.05) is 18.0 Å². The van der Waals surface area contributed by atoms with Gasteiger partial charge in [-0.3, -0.25) is 4.79 Å². The Hall–Kier alpha value is -2.10. The fourth-order valence-electron chi connectivity index (χ4n) is 1.77. The number of rotatable bonds is 8. The summed E-state index contributed by atoms with van der Waals surface area (Å²) in [4.78, 5) is 13.0. The largest absolute Gasteiger partial charge is 0.491 e. The van der Waals surface area contributed by atoms with E-state index in [1.54, 1.807) is 31.3 Å².